The molecule has 3 unspecified atom stereocenters. The first-order valence-electron chi connectivity index (χ1n) is 6.04. The van der Waals surface area contributed by atoms with Gasteiger partial charge in [0.15, 0.2) is 0 Å². The van der Waals surface area contributed by atoms with Crippen LogP contribution >= 0.6 is 12.6 Å². The van der Waals surface area contributed by atoms with E-state index in [2.05, 4.69) is 30.5 Å². The van der Waals surface area contributed by atoms with Crippen LogP contribution in [0.3, 0.4) is 0 Å². The Bertz CT molecular complexity index is 416. The number of allylic oxidation sites excluding steroid dienone is 2. The molecule has 0 aromatic rings. The van der Waals surface area contributed by atoms with Crippen LogP contribution in [0.15, 0.2) is 29.2 Å². The fraction of sp³-hybridized carbons (Fsp3) is 0.571. The van der Waals surface area contributed by atoms with Crippen LogP contribution in [0.25, 0.3) is 0 Å². The lowest BCUT2D eigenvalue weighted by Crippen LogP contribution is -2.20. The predicted molar refractivity (Wildman–Crippen MR) is 70.7 cm³/mol. The molecule has 2 bridgehead atoms. The van der Waals surface area contributed by atoms with Crippen molar-refractivity contribution >= 4 is 18.6 Å². The third-order valence-electron chi connectivity index (χ3n) is 3.46. The van der Waals surface area contributed by atoms with Gasteiger partial charge >= 0.3 is 5.97 Å². The molecule has 2 nitrogen and oxygen atoms in total. The third kappa shape index (κ3) is 2.85. The Hall–Kier alpha value is -0.920. The lowest BCUT2D eigenvalue weighted by Gasteiger charge is -2.15. The maximum Gasteiger partial charge on any atom is 0.315 e. The average Bonchev–Trinajstić information content (AvgIpc) is 2.90. The number of fused-ring (bicyclic) bond motifs is 2. The monoisotopic (exact) mass is 250 g/mol. The summed E-state index contributed by atoms with van der Waals surface area (Å²) in [4.78, 5) is 12.0. The quantitative estimate of drug-likeness (QED) is 0.274. The summed E-state index contributed by atoms with van der Waals surface area (Å²) in [6.45, 7) is 3.69. The first-order chi connectivity index (χ1) is 8.10. The fourth-order valence-electron chi connectivity index (χ4n) is 2.64. The Morgan fingerprint density at radius 2 is 2.18 bits per heavy atom. The second-order valence-corrected chi connectivity index (χ2v) is 5.24. The Kier molecular flexibility index (Phi) is 3.80. The van der Waals surface area contributed by atoms with Crippen LogP contribution in [0.1, 0.15) is 26.7 Å². The molecular formula is C14H18O2S. The lowest BCUT2D eigenvalue weighted by atomic mass is 9.94. The van der Waals surface area contributed by atoms with E-state index in [0.717, 1.165) is 18.4 Å². The maximum atomic E-state index is 12.0. The molecule has 2 aliphatic rings. The van der Waals surface area contributed by atoms with Crippen LogP contribution in [0.4, 0.5) is 0 Å². The van der Waals surface area contributed by atoms with Gasteiger partial charge in [-0.25, -0.2) is 0 Å². The van der Waals surface area contributed by atoms with Gasteiger partial charge in [0.05, 0.1) is 5.92 Å². The first-order valence-corrected chi connectivity index (χ1v) is 6.67. The second kappa shape index (κ2) is 5.16. The van der Waals surface area contributed by atoms with E-state index in [1.807, 2.05) is 6.92 Å². The second-order valence-electron chi connectivity index (χ2n) is 4.93. The van der Waals surface area contributed by atoms with Gasteiger partial charge in [-0.3, -0.25) is 4.79 Å². The molecule has 0 aliphatic heterocycles. The van der Waals surface area contributed by atoms with Crippen molar-refractivity contribution in [1.29, 1.82) is 0 Å². The normalized spacial score (nSPS) is 29.0. The van der Waals surface area contributed by atoms with Gasteiger partial charge in [0.25, 0.3) is 0 Å². The van der Waals surface area contributed by atoms with Crippen molar-refractivity contribution in [2.75, 3.05) is 5.75 Å². The molecule has 0 amide bonds. The van der Waals surface area contributed by atoms with Crippen LogP contribution in [0.2, 0.25) is 0 Å². The zero-order valence-electron chi connectivity index (χ0n) is 10.3. The van der Waals surface area contributed by atoms with Gasteiger partial charge in [0.2, 0.25) is 0 Å². The van der Waals surface area contributed by atoms with Gasteiger partial charge in [-0.2, -0.15) is 12.6 Å². The minimum Gasteiger partial charge on any atom is -0.423 e. The zero-order valence-corrected chi connectivity index (χ0v) is 11.2. The van der Waals surface area contributed by atoms with Crippen molar-refractivity contribution in [3.8, 4) is 0 Å². The van der Waals surface area contributed by atoms with Gasteiger partial charge in [0, 0.05) is 12.7 Å². The topological polar surface area (TPSA) is 26.3 Å². The minimum absolute atomic E-state index is 0.0538. The zero-order chi connectivity index (χ0) is 12.4. The third-order valence-corrected chi connectivity index (χ3v) is 3.94. The van der Waals surface area contributed by atoms with E-state index < -0.39 is 0 Å². The molecule has 1 saturated carbocycles. The van der Waals surface area contributed by atoms with Gasteiger partial charge in [-0.05, 0) is 37.2 Å². The highest BCUT2D eigenvalue weighted by Gasteiger charge is 2.40. The summed E-state index contributed by atoms with van der Waals surface area (Å²) in [6.07, 6.45) is 6.45. The van der Waals surface area contributed by atoms with E-state index in [0.29, 0.717) is 23.3 Å². The SMILES string of the molecule is CC(=C=C(C)OC(=O)C1CC2C=CC1C2)CS. The highest BCUT2D eigenvalue weighted by atomic mass is 32.1. The summed E-state index contributed by atoms with van der Waals surface area (Å²) in [5, 5.41) is 0. The van der Waals surface area contributed by atoms with Crippen LogP contribution in [0.5, 0.6) is 0 Å². The number of carbonyl (C=O) groups is 1. The lowest BCUT2D eigenvalue weighted by molar-refractivity contribution is -0.144. The molecule has 0 N–H and O–H groups in total. The van der Waals surface area contributed by atoms with E-state index in [1.54, 1.807) is 6.92 Å². The molecule has 3 heteroatoms. The van der Waals surface area contributed by atoms with Crippen molar-refractivity contribution in [2.24, 2.45) is 17.8 Å². The standard InChI is InChI=1S/C14H18O2S/c1-9(8-17)5-10(2)16-14(15)13-7-11-3-4-12(13)6-11/h3-4,11-13,17H,6-8H2,1-2H3. The van der Waals surface area contributed by atoms with E-state index >= 15 is 0 Å². The highest BCUT2D eigenvalue weighted by Crippen LogP contribution is 2.44. The van der Waals surface area contributed by atoms with Crippen molar-refractivity contribution in [2.45, 2.75) is 26.7 Å². The van der Waals surface area contributed by atoms with Crippen molar-refractivity contribution in [3.63, 3.8) is 0 Å². The Labute approximate surface area is 108 Å². The molecule has 2 aliphatic carbocycles. The van der Waals surface area contributed by atoms with Crippen LogP contribution in [-0.2, 0) is 9.53 Å². The number of thiol groups is 1. The maximum absolute atomic E-state index is 12.0. The van der Waals surface area contributed by atoms with E-state index in [4.69, 9.17) is 4.74 Å². The molecule has 0 heterocycles. The van der Waals surface area contributed by atoms with Crippen molar-refractivity contribution < 1.29 is 9.53 Å². The Morgan fingerprint density at radius 1 is 1.41 bits per heavy atom. The number of rotatable bonds is 3. The molecule has 0 aromatic heterocycles. The molecule has 0 saturated heterocycles. The smallest absolute Gasteiger partial charge is 0.315 e. The molecule has 0 spiro atoms. The summed E-state index contributed by atoms with van der Waals surface area (Å²) >= 11 is 4.14. The van der Waals surface area contributed by atoms with E-state index in [1.165, 1.54) is 0 Å². The van der Waals surface area contributed by atoms with Gasteiger partial charge in [0.1, 0.15) is 5.76 Å². The molecule has 92 valence electrons. The average molecular weight is 250 g/mol. The number of hydrogen-bond donors (Lipinski definition) is 1. The van der Waals surface area contributed by atoms with E-state index in [-0.39, 0.29) is 11.9 Å². The molecule has 1 fully saturated rings. The largest absolute Gasteiger partial charge is 0.423 e. The van der Waals surface area contributed by atoms with Crippen molar-refractivity contribution in [1.82, 2.24) is 0 Å². The summed E-state index contributed by atoms with van der Waals surface area (Å²) in [5.41, 5.74) is 4.00. The molecule has 0 radical (unpaired) electrons. The predicted octanol–water partition coefficient (Wildman–Crippen LogP) is 3.12. The van der Waals surface area contributed by atoms with Gasteiger partial charge in [-0.1, -0.05) is 17.9 Å². The summed E-state index contributed by atoms with van der Waals surface area (Å²) < 4.78 is 5.34. The Balaban J connectivity index is 1.99. The molecule has 2 rings (SSSR count). The molecule has 17 heavy (non-hydrogen) atoms. The van der Waals surface area contributed by atoms with E-state index in [9.17, 15) is 4.79 Å². The van der Waals surface area contributed by atoms with Crippen LogP contribution in [-0.4, -0.2) is 11.7 Å². The van der Waals surface area contributed by atoms with Crippen molar-refractivity contribution in [3.05, 3.63) is 29.2 Å². The Morgan fingerprint density at radius 3 is 2.71 bits per heavy atom. The number of esters is 1. The summed E-state index contributed by atoms with van der Waals surface area (Å²) in [7, 11) is 0. The molecular weight excluding hydrogens is 232 g/mol. The fourth-order valence-corrected chi connectivity index (χ4v) is 2.72. The summed E-state index contributed by atoms with van der Waals surface area (Å²) in [5.74, 6) is 2.13. The number of hydrogen-bond acceptors (Lipinski definition) is 3. The highest BCUT2D eigenvalue weighted by molar-refractivity contribution is 7.80. The van der Waals surface area contributed by atoms with Gasteiger partial charge < -0.3 is 4.74 Å². The molecule has 0 aromatic carbocycles. The number of ether oxygens (including phenoxy) is 1. The van der Waals surface area contributed by atoms with Crippen LogP contribution < -0.4 is 0 Å². The first kappa shape index (κ1) is 12.5. The van der Waals surface area contributed by atoms with Gasteiger partial charge in [-0.15, -0.1) is 0 Å². The molecule has 3 atom stereocenters. The number of carbonyl (C=O) groups excluding carboxylic acids is 1. The summed E-state index contributed by atoms with van der Waals surface area (Å²) in [6, 6.07) is 0. The minimum atomic E-state index is -0.0983. The van der Waals surface area contributed by atoms with Crippen LogP contribution in [0, 0.1) is 17.8 Å².